The van der Waals surface area contributed by atoms with E-state index in [-0.39, 0.29) is 17.0 Å². The van der Waals surface area contributed by atoms with Gasteiger partial charge in [0.1, 0.15) is 17.2 Å². The lowest BCUT2D eigenvalue weighted by Gasteiger charge is -2.35. The minimum absolute atomic E-state index is 0.00467. The molecule has 3 aromatic heterocycles. The van der Waals surface area contributed by atoms with Crippen LogP contribution < -0.4 is 5.56 Å². The number of aromatic nitrogens is 4. The van der Waals surface area contributed by atoms with Crippen molar-refractivity contribution in [3.8, 4) is 0 Å². The van der Waals surface area contributed by atoms with E-state index in [9.17, 15) is 9.59 Å². The normalized spacial score (nSPS) is 20.2. The SMILES string of the molecule is Cc1c2n(c(CC3(n4ccc5cccnc54)CCCC3)nc1=O)CCN(CC1CC1)C2=O. The first-order valence-electron chi connectivity index (χ1n) is 11.9. The molecule has 2 fully saturated rings. The molecular formula is C25H29N5O2. The van der Waals surface area contributed by atoms with E-state index in [1.54, 1.807) is 6.92 Å². The summed E-state index contributed by atoms with van der Waals surface area (Å²) in [5.74, 6) is 1.37. The molecule has 4 heterocycles. The highest BCUT2D eigenvalue weighted by Gasteiger charge is 2.40. The molecule has 166 valence electrons. The molecule has 1 aliphatic heterocycles. The summed E-state index contributed by atoms with van der Waals surface area (Å²) in [6, 6.07) is 6.17. The van der Waals surface area contributed by atoms with Crippen LogP contribution in [0.2, 0.25) is 0 Å². The molecule has 0 bridgehead atoms. The third-order valence-corrected chi connectivity index (χ3v) is 7.73. The lowest BCUT2D eigenvalue weighted by molar-refractivity contribution is 0.0687. The second-order valence-corrected chi connectivity index (χ2v) is 9.86. The standard InChI is InChI=1S/C25H29N5O2/c1-17-21-24(32)28(16-18-6-7-18)13-14-29(21)20(27-23(17)31)15-25(9-2-3-10-25)30-12-8-19-5-4-11-26-22(19)30/h4-5,8,11-12,18H,2-3,6-7,9-10,13-16H2,1H3. The molecule has 0 saturated heterocycles. The maximum Gasteiger partial charge on any atom is 0.276 e. The van der Waals surface area contributed by atoms with E-state index >= 15 is 0 Å². The monoisotopic (exact) mass is 431 g/mol. The first kappa shape index (κ1) is 19.7. The summed E-state index contributed by atoms with van der Waals surface area (Å²) in [6.45, 7) is 3.96. The zero-order valence-electron chi connectivity index (χ0n) is 18.6. The van der Waals surface area contributed by atoms with Crippen LogP contribution in [-0.2, 0) is 18.5 Å². The van der Waals surface area contributed by atoms with Crippen molar-refractivity contribution >= 4 is 16.9 Å². The van der Waals surface area contributed by atoms with Gasteiger partial charge in [0.25, 0.3) is 11.5 Å². The third kappa shape index (κ3) is 3.09. The first-order valence-corrected chi connectivity index (χ1v) is 11.9. The van der Waals surface area contributed by atoms with Crippen LogP contribution in [0.25, 0.3) is 11.0 Å². The Balaban J connectivity index is 1.43. The van der Waals surface area contributed by atoms with Crippen LogP contribution in [-0.4, -0.2) is 43.0 Å². The molecule has 0 aromatic carbocycles. The van der Waals surface area contributed by atoms with Crippen molar-refractivity contribution in [2.45, 2.75) is 64.0 Å². The number of hydrogen-bond donors (Lipinski definition) is 0. The van der Waals surface area contributed by atoms with Gasteiger partial charge in [0, 0.05) is 49.4 Å². The Kier molecular flexibility index (Phi) is 4.49. The summed E-state index contributed by atoms with van der Waals surface area (Å²) in [6.07, 6.45) is 11.4. The highest BCUT2D eigenvalue weighted by atomic mass is 16.2. The van der Waals surface area contributed by atoms with Crippen LogP contribution >= 0.6 is 0 Å². The fraction of sp³-hybridized carbons (Fsp3) is 0.520. The summed E-state index contributed by atoms with van der Waals surface area (Å²) in [7, 11) is 0. The highest BCUT2D eigenvalue weighted by molar-refractivity contribution is 5.94. The van der Waals surface area contributed by atoms with Crippen LogP contribution in [0.15, 0.2) is 35.4 Å². The maximum atomic E-state index is 13.3. The molecule has 0 N–H and O–H groups in total. The molecule has 0 unspecified atom stereocenters. The van der Waals surface area contributed by atoms with Gasteiger partial charge >= 0.3 is 0 Å². The fourth-order valence-corrected chi connectivity index (χ4v) is 5.78. The molecule has 3 aliphatic rings. The largest absolute Gasteiger partial charge is 0.335 e. The molecule has 2 saturated carbocycles. The van der Waals surface area contributed by atoms with Crippen LogP contribution in [0, 0.1) is 12.8 Å². The van der Waals surface area contributed by atoms with Gasteiger partial charge in [-0.1, -0.05) is 12.8 Å². The number of carbonyl (C=O) groups is 1. The van der Waals surface area contributed by atoms with Gasteiger partial charge < -0.3 is 14.0 Å². The maximum absolute atomic E-state index is 13.3. The predicted molar refractivity (Wildman–Crippen MR) is 122 cm³/mol. The molecule has 7 nitrogen and oxygen atoms in total. The Morgan fingerprint density at radius 2 is 1.94 bits per heavy atom. The van der Waals surface area contributed by atoms with Crippen LogP contribution in [0.4, 0.5) is 0 Å². The molecule has 0 spiro atoms. The van der Waals surface area contributed by atoms with Gasteiger partial charge in [0.15, 0.2) is 0 Å². The molecule has 6 rings (SSSR count). The predicted octanol–water partition coefficient (Wildman–Crippen LogP) is 3.28. The average molecular weight is 432 g/mol. The first-order chi connectivity index (χ1) is 15.6. The molecule has 0 radical (unpaired) electrons. The van der Waals surface area contributed by atoms with Crippen molar-refractivity contribution in [2.24, 2.45) is 5.92 Å². The van der Waals surface area contributed by atoms with E-state index in [2.05, 4.69) is 32.9 Å². The second-order valence-electron chi connectivity index (χ2n) is 9.86. The van der Waals surface area contributed by atoms with Gasteiger partial charge in [-0.3, -0.25) is 9.59 Å². The number of carbonyl (C=O) groups excluding carboxylic acids is 1. The van der Waals surface area contributed by atoms with Gasteiger partial charge in [0.2, 0.25) is 0 Å². The van der Waals surface area contributed by atoms with Crippen LogP contribution in [0.1, 0.15) is 60.4 Å². The zero-order valence-corrected chi connectivity index (χ0v) is 18.6. The number of pyridine rings is 1. The van der Waals surface area contributed by atoms with Gasteiger partial charge in [-0.05, 0) is 56.7 Å². The zero-order chi connectivity index (χ0) is 21.9. The summed E-state index contributed by atoms with van der Waals surface area (Å²) in [4.78, 5) is 37.3. The van der Waals surface area contributed by atoms with Crippen molar-refractivity contribution in [3.63, 3.8) is 0 Å². The summed E-state index contributed by atoms with van der Waals surface area (Å²) in [5, 5.41) is 1.13. The van der Waals surface area contributed by atoms with Crippen molar-refractivity contribution in [1.82, 2.24) is 24.0 Å². The topological polar surface area (TPSA) is 73.0 Å². The van der Waals surface area contributed by atoms with Gasteiger partial charge in [-0.25, -0.2) is 4.98 Å². The smallest absolute Gasteiger partial charge is 0.276 e. The van der Waals surface area contributed by atoms with Crippen LogP contribution in [0.5, 0.6) is 0 Å². The lowest BCUT2D eigenvalue weighted by atomic mass is 9.91. The number of rotatable bonds is 5. The van der Waals surface area contributed by atoms with E-state index in [1.165, 1.54) is 12.8 Å². The van der Waals surface area contributed by atoms with Gasteiger partial charge in [-0.15, -0.1) is 0 Å². The molecular weight excluding hydrogens is 402 g/mol. The van der Waals surface area contributed by atoms with E-state index in [0.717, 1.165) is 49.1 Å². The molecule has 7 heteroatoms. The Hall–Kier alpha value is -2.96. The van der Waals surface area contributed by atoms with Crippen molar-refractivity contribution in [2.75, 3.05) is 13.1 Å². The van der Waals surface area contributed by atoms with Crippen molar-refractivity contribution in [3.05, 3.63) is 58.0 Å². The highest BCUT2D eigenvalue weighted by Crippen LogP contribution is 2.41. The van der Waals surface area contributed by atoms with E-state index in [1.807, 2.05) is 21.7 Å². The second kappa shape index (κ2) is 7.29. The van der Waals surface area contributed by atoms with Gasteiger partial charge in [0.05, 0.1) is 5.54 Å². The Morgan fingerprint density at radius 3 is 2.72 bits per heavy atom. The molecule has 0 atom stereocenters. The van der Waals surface area contributed by atoms with Crippen molar-refractivity contribution in [1.29, 1.82) is 0 Å². The van der Waals surface area contributed by atoms with Gasteiger partial charge in [-0.2, -0.15) is 4.98 Å². The fourth-order valence-electron chi connectivity index (χ4n) is 5.78. The Bertz CT molecular complexity index is 1260. The Labute approximate surface area is 187 Å². The Morgan fingerprint density at radius 1 is 1.12 bits per heavy atom. The summed E-state index contributed by atoms with van der Waals surface area (Å²) in [5.41, 5.74) is 1.58. The number of hydrogen-bond acceptors (Lipinski definition) is 4. The van der Waals surface area contributed by atoms with E-state index < -0.39 is 0 Å². The minimum atomic E-state index is -0.267. The minimum Gasteiger partial charge on any atom is -0.335 e. The molecule has 1 amide bonds. The number of fused-ring (bicyclic) bond motifs is 2. The summed E-state index contributed by atoms with van der Waals surface area (Å²) < 4.78 is 4.35. The summed E-state index contributed by atoms with van der Waals surface area (Å²) >= 11 is 0. The quantitative estimate of drug-likeness (QED) is 0.622. The molecule has 32 heavy (non-hydrogen) atoms. The number of amides is 1. The molecule has 2 aliphatic carbocycles. The lowest BCUT2D eigenvalue weighted by Crippen LogP contribution is -2.46. The van der Waals surface area contributed by atoms with Crippen LogP contribution in [0.3, 0.4) is 0 Å². The number of nitrogens with zero attached hydrogens (tertiary/aromatic N) is 5. The molecule has 3 aromatic rings. The van der Waals surface area contributed by atoms with E-state index in [0.29, 0.717) is 36.7 Å². The third-order valence-electron chi connectivity index (χ3n) is 7.73. The average Bonchev–Trinajstić information content (AvgIpc) is 3.30. The van der Waals surface area contributed by atoms with Crippen molar-refractivity contribution < 1.29 is 4.79 Å². The van der Waals surface area contributed by atoms with E-state index in [4.69, 9.17) is 0 Å².